The minimum Gasteiger partial charge on any atom is -0.486 e. The minimum atomic E-state index is 0.103. The molecule has 2 heterocycles. The summed E-state index contributed by atoms with van der Waals surface area (Å²) >= 11 is 3.56. The van der Waals surface area contributed by atoms with Crippen LogP contribution in [0.5, 0.6) is 11.5 Å². The van der Waals surface area contributed by atoms with Gasteiger partial charge in [-0.15, -0.1) is 11.8 Å². The second kappa shape index (κ2) is 6.83. The van der Waals surface area contributed by atoms with Gasteiger partial charge in [0.25, 0.3) is 0 Å². The van der Waals surface area contributed by atoms with Crippen molar-refractivity contribution in [1.29, 1.82) is 0 Å². The average molecular weight is 325 g/mol. The zero-order valence-corrected chi connectivity index (χ0v) is 13.7. The number of hydrogen-bond donors (Lipinski definition) is 0. The number of amides is 1. The van der Waals surface area contributed by atoms with Crippen LogP contribution in [0.15, 0.2) is 18.2 Å². The van der Waals surface area contributed by atoms with Gasteiger partial charge in [-0.05, 0) is 23.4 Å². The highest BCUT2D eigenvalue weighted by atomic mass is 32.2. The summed E-state index contributed by atoms with van der Waals surface area (Å²) < 4.78 is 11.2. The Morgan fingerprint density at radius 3 is 2.95 bits per heavy atom. The molecule has 1 fully saturated rings. The van der Waals surface area contributed by atoms with Gasteiger partial charge < -0.3 is 14.4 Å². The molecule has 1 unspecified atom stereocenters. The van der Waals surface area contributed by atoms with E-state index in [-0.39, 0.29) is 11.3 Å². The van der Waals surface area contributed by atoms with Gasteiger partial charge in [-0.1, -0.05) is 13.0 Å². The quantitative estimate of drug-likeness (QED) is 0.779. The summed E-state index contributed by atoms with van der Waals surface area (Å²) in [5.41, 5.74) is 1.12. The molecule has 21 heavy (non-hydrogen) atoms. The number of thioether (sulfide) groups is 2. The number of fused-ring (bicyclic) bond motifs is 1. The molecule has 0 bridgehead atoms. The van der Waals surface area contributed by atoms with E-state index < -0.39 is 0 Å². The molecule has 0 spiro atoms. The van der Waals surface area contributed by atoms with E-state index in [1.54, 1.807) is 11.8 Å². The number of nitrogens with zero attached hydrogens (tertiary/aromatic N) is 1. The molecule has 2 aliphatic heterocycles. The van der Waals surface area contributed by atoms with Crippen LogP contribution >= 0.6 is 23.5 Å². The van der Waals surface area contributed by atoms with Gasteiger partial charge in [0.1, 0.15) is 18.6 Å². The second-order valence-electron chi connectivity index (χ2n) is 4.85. The molecule has 2 aliphatic rings. The highest BCUT2D eigenvalue weighted by molar-refractivity contribution is 8.00. The van der Waals surface area contributed by atoms with Gasteiger partial charge in [0.15, 0.2) is 11.5 Å². The molecule has 3 rings (SSSR count). The van der Waals surface area contributed by atoms with Gasteiger partial charge >= 0.3 is 0 Å². The Morgan fingerprint density at radius 2 is 2.14 bits per heavy atom. The van der Waals surface area contributed by atoms with Gasteiger partial charge in [0.2, 0.25) is 5.91 Å². The van der Waals surface area contributed by atoms with E-state index in [9.17, 15) is 4.79 Å². The van der Waals surface area contributed by atoms with Crippen molar-refractivity contribution in [1.82, 2.24) is 4.90 Å². The minimum absolute atomic E-state index is 0.103. The van der Waals surface area contributed by atoms with Crippen LogP contribution in [0.2, 0.25) is 0 Å². The number of hydrogen-bond acceptors (Lipinski definition) is 5. The Bertz CT molecular complexity index is 524. The van der Waals surface area contributed by atoms with Crippen LogP contribution in [0.25, 0.3) is 0 Å². The lowest BCUT2D eigenvalue weighted by molar-refractivity contribution is -0.127. The third-order valence-corrected chi connectivity index (χ3v) is 5.64. The van der Waals surface area contributed by atoms with Crippen molar-refractivity contribution in [2.45, 2.75) is 12.3 Å². The molecule has 4 nitrogen and oxygen atoms in total. The number of rotatable bonds is 5. The summed E-state index contributed by atoms with van der Waals surface area (Å²) in [5.74, 6) is 4.47. The van der Waals surface area contributed by atoms with Gasteiger partial charge in [0.05, 0.1) is 5.75 Å². The highest BCUT2D eigenvalue weighted by Crippen LogP contribution is 2.42. The molecule has 6 heteroatoms. The molecule has 1 amide bonds. The van der Waals surface area contributed by atoms with Gasteiger partial charge in [0, 0.05) is 12.3 Å². The van der Waals surface area contributed by atoms with Crippen LogP contribution in [0.3, 0.4) is 0 Å². The van der Waals surface area contributed by atoms with E-state index in [1.165, 1.54) is 0 Å². The maximum Gasteiger partial charge on any atom is 0.233 e. The topological polar surface area (TPSA) is 38.8 Å². The SMILES string of the molecule is CCSCCN1C(=O)CSC1c1ccc2c(c1)OCCO2. The number of carbonyl (C=O) groups excluding carboxylic acids is 1. The molecule has 0 radical (unpaired) electrons. The smallest absolute Gasteiger partial charge is 0.233 e. The first-order chi connectivity index (χ1) is 10.3. The van der Waals surface area contributed by atoms with Gasteiger partial charge in [-0.25, -0.2) is 0 Å². The second-order valence-corrected chi connectivity index (χ2v) is 7.31. The van der Waals surface area contributed by atoms with Crippen LogP contribution in [-0.4, -0.2) is 47.8 Å². The molecular weight excluding hydrogens is 306 g/mol. The normalized spacial score (nSPS) is 20.9. The molecule has 1 atom stereocenters. The van der Waals surface area contributed by atoms with Crippen LogP contribution in [0.1, 0.15) is 17.9 Å². The number of ether oxygens (including phenoxy) is 2. The number of benzene rings is 1. The predicted octanol–water partition coefficient (Wildman–Crippen LogP) is 2.78. The molecule has 0 saturated carbocycles. The summed E-state index contributed by atoms with van der Waals surface area (Å²) in [6.45, 7) is 4.14. The fraction of sp³-hybridized carbons (Fsp3) is 0.533. The Labute approximate surface area is 133 Å². The lowest BCUT2D eigenvalue weighted by atomic mass is 10.1. The zero-order valence-electron chi connectivity index (χ0n) is 12.0. The predicted molar refractivity (Wildman–Crippen MR) is 87.3 cm³/mol. The molecule has 1 saturated heterocycles. The first-order valence-electron chi connectivity index (χ1n) is 7.18. The summed E-state index contributed by atoms with van der Waals surface area (Å²) in [7, 11) is 0. The maximum atomic E-state index is 12.1. The van der Waals surface area contributed by atoms with Gasteiger partial charge in [-0.2, -0.15) is 11.8 Å². The molecule has 1 aromatic rings. The van der Waals surface area contributed by atoms with Crippen molar-refractivity contribution < 1.29 is 14.3 Å². The van der Waals surface area contributed by atoms with Crippen molar-refractivity contribution in [3.05, 3.63) is 23.8 Å². The van der Waals surface area contributed by atoms with E-state index >= 15 is 0 Å². The Balaban J connectivity index is 1.76. The van der Waals surface area contributed by atoms with E-state index in [2.05, 4.69) is 6.92 Å². The van der Waals surface area contributed by atoms with E-state index in [0.29, 0.717) is 19.0 Å². The Kier molecular flexibility index (Phi) is 4.85. The summed E-state index contributed by atoms with van der Waals surface area (Å²) in [4.78, 5) is 14.1. The molecule has 0 N–H and O–H groups in total. The molecule has 1 aromatic carbocycles. The van der Waals surface area contributed by atoms with Crippen molar-refractivity contribution in [3.63, 3.8) is 0 Å². The standard InChI is InChI=1S/C15H19NO3S2/c1-2-20-8-5-16-14(17)10-21-15(16)11-3-4-12-13(9-11)19-7-6-18-12/h3-4,9,15H,2,5-8,10H2,1H3. The molecule has 0 aliphatic carbocycles. The first kappa shape index (κ1) is 14.9. The Morgan fingerprint density at radius 1 is 1.33 bits per heavy atom. The van der Waals surface area contributed by atoms with Crippen LogP contribution in [-0.2, 0) is 4.79 Å². The number of carbonyl (C=O) groups is 1. The van der Waals surface area contributed by atoms with Gasteiger partial charge in [-0.3, -0.25) is 4.79 Å². The van der Waals surface area contributed by atoms with Crippen LogP contribution in [0.4, 0.5) is 0 Å². The fourth-order valence-electron chi connectivity index (χ4n) is 2.49. The van der Waals surface area contributed by atoms with Crippen molar-refractivity contribution >= 4 is 29.4 Å². The summed E-state index contributed by atoms with van der Waals surface area (Å²) in [6, 6.07) is 6.01. The van der Waals surface area contributed by atoms with Crippen molar-refractivity contribution in [2.24, 2.45) is 0 Å². The first-order valence-corrected chi connectivity index (χ1v) is 9.38. The zero-order chi connectivity index (χ0) is 14.7. The Hall–Kier alpha value is -1.01. The van der Waals surface area contributed by atoms with Crippen LogP contribution in [0, 0.1) is 0 Å². The third kappa shape index (κ3) is 3.26. The highest BCUT2D eigenvalue weighted by Gasteiger charge is 2.33. The lowest BCUT2D eigenvalue weighted by Crippen LogP contribution is -2.30. The van der Waals surface area contributed by atoms with Crippen LogP contribution < -0.4 is 9.47 Å². The van der Waals surface area contributed by atoms with Crippen molar-refractivity contribution in [2.75, 3.05) is 37.0 Å². The maximum absolute atomic E-state index is 12.1. The summed E-state index contributed by atoms with van der Waals surface area (Å²) in [5, 5.41) is 0.103. The van der Waals surface area contributed by atoms with E-state index in [4.69, 9.17) is 9.47 Å². The van der Waals surface area contributed by atoms with Crippen molar-refractivity contribution in [3.8, 4) is 11.5 Å². The average Bonchev–Trinajstić information content (AvgIpc) is 2.88. The molecule has 114 valence electrons. The largest absolute Gasteiger partial charge is 0.486 e. The molecular formula is C15H19NO3S2. The molecule has 0 aromatic heterocycles. The van der Waals surface area contributed by atoms with E-state index in [0.717, 1.165) is 35.1 Å². The third-order valence-electron chi connectivity index (χ3n) is 3.50. The lowest BCUT2D eigenvalue weighted by Gasteiger charge is -2.25. The summed E-state index contributed by atoms with van der Waals surface area (Å²) in [6.07, 6.45) is 0. The van der Waals surface area contributed by atoms with E-state index in [1.807, 2.05) is 34.9 Å². The monoisotopic (exact) mass is 325 g/mol. The fourth-order valence-corrected chi connectivity index (χ4v) is 4.32.